The molecule has 3 rings (SSSR count). The summed E-state index contributed by atoms with van der Waals surface area (Å²) in [4.78, 5) is 4.48. The summed E-state index contributed by atoms with van der Waals surface area (Å²) in [5, 5.41) is 14.9. The second kappa shape index (κ2) is 6.79. The number of aromatic hydroxyl groups is 1. The Bertz CT molecular complexity index is 847. The SMILES string of the molecule is CCOc1cc(/C=N/Nc2ccc3ccccc3n2)ccc1O. The van der Waals surface area contributed by atoms with E-state index < -0.39 is 0 Å². The standard InChI is InChI=1S/C18H17N3O2/c1-2-23-17-11-13(7-9-16(17)22)12-19-21-18-10-8-14-5-3-4-6-15(14)20-18/h3-12,22H,2H2,1H3,(H,20,21)/b19-12+. The first-order chi connectivity index (χ1) is 11.3. The second-order valence-corrected chi connectivity index (χ2v) is 4.92. The van der Waals surface area contributed by atoms with Crippen molar-refractivity contribution in [1.82, 2.24) is 4.98 Å². The molecule has 23 heavy (non-hydrogen) atoms. The molecule has 1 heterocycles. The average molecular weight is 307 g/mol. The number of nitrogens with zero attached hydrogens (tertiary/aromatic N) is 2. The third-order valence-electron chi connectivity index (χ3n) is 3.27. The highest BCUT2D eigenvalue weighted by Gasteiger charge is 2.02. The number of rotatable bonds is 5. The molecule has 0 radical (unpaired) electrons. The largest absolute Gasteiger partial charge is 0.504 e. The quantitative estimate of drug-likeness (QED) is 0.556. The van der Waals surface area contributed by atoms with Gasteiger partial charge in [-0.2, -0.15) is 5.10 Å². The van der Waals surface area contributed by atoms with Crippen LogP contribution >= 0.6 is 0 Å². The molecule has 1 aromatic heterocycles. The lowest BCUT2D eigenvalue weighted by molar-refractivity contribution is 0.318. The van der Waals surface area contributed by atoms with Crippen LogP contribution < -0.4 is 10.2 Å². The number of hydrogen-bond acceptors (Lipinski definition) is 5. The molecular weight excluding hydrogens is 290 g/mol. The summed E-state index contributed by atoms with van der Waals surface area (Å²) >= 11 is 0. The van der Waals surface area contributed by atoms with Gasteiger partial charge in [0.25, 0.3) is 0 Å². The molecule has 0 amide bonds. The summed E-state index contributed by atoms with van der Waals surface area (Å²) in [6.07, 6.45) is 1.65. The summed E-state index contributed by atoms with van der Waals surface area (Å²) in [7, 11) is 0. The van der Waals surface area contributed by atoms with Gasteiger partial charge in [0.15, 0.2) is 11.5 Å². The van der Waals surface area contributed by atoms with Crippen molar-refractivity contribution in [2.45, 2.75) is 6.92 Å². The van der Waals surface area contributed by atoms with Gasteiger partial charge in [-0.15, -0.1) is 0 Å². The van der Waals surface area contributed by atoms with Crippen molar-refractivity contribution in [2.24, 2.45) is 5.10 Å². The minimum atomic E-state index is 0.119. The molecular formula is C18H17N3O2. The number of pyridine rings is 1. The molecule has 0 fully saturated rings. The highest BCUT2D eigenvalue weighted by molar-refractivity contribution is 5.82. The van der Waals surface area contributed by atoms with Gasteiger partial charge < -0.3 is 9.84 Å². The zero-order valence-corrected chi connectivity index (χ0v) is 12.7. The van der Waals surface area contributed by atoms with Crippen LogP contribution in [0.15, 0.2) is 59.7 Å². The Hall–Kier alpha value is -3.08. The first-order valence-electron chi connectivity index (χ1n) is 7.37. The van der Waals surface area contributed by atoms with Gasteiger partial charge >= 0.3 is 0 Å². The number of anilines is 1. The summed E-state index contributed by atoms with van der Waals surface area (Å²) in [5.74, 6) is 1.23. The number of nitrogens with one attached hydrogen (secondary N) is 1. The van der Waals surface area contributed by atoms with Crippen molar-refractivity contribution >= 4 is 22.9 Å². The van der Waals surface area contributed by atoms with Gasteiger partial charge in [0.05, 0.1) is 18.3 Å². The van der Waals surface area contributed by atoms with Crippen molar-refractivity contribution in [3.8, 4) is 11.5 Å². The third kappa shape index (κ3) is 3.58. The molecule has 116 valence electrons. The van der Waals surface area contributed by atoms with Crippen LogP contribution in [-0.2, 0) is 0 Å². The van der Waals surface area contributed by atoms with E-state index in [2.05, 4.69) is 15.5 Å². The average Bonchev–Trinajstić information content (AvgIpc) is 2.58. The summed E-state index contributed by atoms with van der Waals surface area (Å²) in [5.41, 5.74) is 4.64. The number of benzene rings is 2. The zero-order chi connectivity index (χ0) is 16.1. The first kappa shape index (κ1) is 14.8. The van der Waals surface area contributed by atoms with E-state index in [1.165, 1.54) is 0 Å². The van der Waals surface area contributed by atoms with Crippen molar-refractivity contribution < 1.29 is 9.84 Å². The molecule has 5 nitrogen and oxygen atoms in total. The lowest BCUT2D eigenvalue weighted by Gasteiger charge is -2.06. The predicted molar refractivity (Wildman–Crippen MR) is 92.2 cm³/mol. The van der Waals surface area contributed by atoms with Crippen LogP contribution in [0.4, 0.5) is 5.82 Å². The van der Waals surface area contributed by atoms with E-state index in [1.807, 2.05) is 43.3 Å². The Morgan fingerprint density at radius 3 is 2.91 bits per heavy atom. The van der Waals surface area contributed by atoms with Crippen LogP contribution in [0.2, 0.25) is 0 Å². The Kier molecular flexibility index (Phi) is 4.38. The van der Waals surface area contributed by atoms with Crippen LogP contribution in [0.1, 0.15) is 12.5 Å². The lowest BCUT2D eigenvalue weighted by Crippen LogP contribution is -1.95. The van der Waals surface area contributed by atoms with Crippen molar-refractivity contribution in [2.75, 3.05) is 12.0 Å². The first-order valence-corrected chi connectivity index (χ1v) is 7.37. The van der Waals surface area contributed by atoms with Crippen molar-refractivity contribution in [3.05, 3.63) is 60.2 Å². The fourth-order valence-corrected chi connectivity index (χ4v) is 2.18. The molecule has 2 N–H and O–H groups in total. The zero-order valence-electron chi connectivity index (χ0n) is 12.7. The fourth-order valence-electron chi connectivity index (χ4n) is 2.18. The van der Waals surface area contributed by atoms with Gasteiger partial charge in [-0.05, 0) is 48.9 Å². The van der Waals surface area contributed by atoms with Crippen molar-refractivity contribution in [3.63, 3.8) is 0 Å². The van der Waals surface area contributed by atoms with E-state index in [0.717, 1.165) is 16.5 Å². The summed E-state index contributed by atoms with van der Waals surface area (Å²) < 4.78 is 5.35. The van der Waals surface area contributed by atoms with Gasteiger partial charge in [0.2, 0.25) is 0 Å². The highest BCUT2D eigenvalue weighted by atomic mass is 16.5. The summed E-state index contributed by atoms with van der Waals surface area (Å²) in [6, 6.07) is 16.9. The monoisotopic (exact) mass is 307 g/mol. The van der Waals surface area contributed by atoms with Crippen LogP contribution in [0, 0.1) is 0 Å². The molecule has 2 aromatic carbocycles. The van der Waals surface area contributed by atoms with Gasteiger partial charge in [-0.1, -0.05) is 18.2 Å². The smallest absolute Gasteiger partial charge is 0.161 e. The number of aromatic nitrogens is 1. The maximum atomic E-state index is 9.67. The second-order valence-electron chi connectivity index (χ2n) is 4.92. The molecule has 0 unspecified atom stereocenters. The van der Waals surface area contributed by atoms with Gasteiger partial charge in [0, 0.05) is 5.39 Å². The molecule has 0 saturated heterocycles. The van der Waals surface area contributed by atoms with E-state index in [4.69, 9.17) is 4.74 Å². The van der Waals surface area contributed by atoms with Crippen LogP contribution in [-0.4, -0.2) is 22.9 Å². The normalized spacial score (nSPS) is 11.0. The molecule has 0 aliphatic carbocycles. The molecule has 0 atom stereocenters. The molecule has 0 aliphatic rings. The fraction of sp³-hybridized carbons (Fsp3) is 0.111. The van der Waals surface area contributed by atoms with Gasteiger partial charge in [-0.3, -0.25) is 5.43 Å². The number of phenolic OH excluding ortho intramolecular Hbond substituents is 1. The Labute approximate surface area is 134 Å². The van der Waals surface area contributed by atoms with Gasteiger partial charge in [0.1, 0.15) is 5.82 Å². The lowest BCUT2D eigenvalue weighted by atomic mass is 10.2. The topological polar surface area (TPSA) is 66.7 Å². The highest BCUT2D eigenvalue weighted by Crippen LogP contribution is 2.26. The Morgan fingerprint density at radius 2 is 2.04 bits per heavy atom. The minimum Gasteiger partial charge on any atom is -0.504 e. The van der Waals surface area contributed by atoms with E-state index in [9.17, 15) is 5.11 Å². The minimum absolute atomic E-state index is 0.119. The van der Waals surface area contributed by atoms with Crippen LogP contribution in [0.25, 0.3) is 10.9 Å². The number of hydrazone groups is 1. The van der Waals surface area contributed by atoms with Crippen LogP contribution in [0.5, 0.6) is 11.5 Å². The molecule has 0 bridgehead atoms. The van der Waals surface area contributed by atoms with Crippen LogP contribution in [0.3, 0.4) is 0 Å². The molecule has 0 spiro atoms. The van der Waals surface area contributed by atoms with E-state index in [-0.39, 0.29) is 5.75 Å². The Balaban J connectivity index is 1.73. The molecule has 3 aromatic rings. The number of phenols is 1. The van der Waals surface area contributed by atoms with Gasteiger partial charge in [-0.25, -0.2) is 4.98 Å². The maximum Gasteiger partial charge on any atom is 0.161 e. The number of hydrogen-bond donors (Lipinski definition) is 2. The van der Waals surface area contributed by atoms with E-state index in [1.54, 1.807) is 24.4 Å². The molecule has 0 saturated carbocycles. The van der Waals surface area contributed by atoms with Crippen molar-refractivity contribution in [1.29, 1.82) is 0 Å². The number of ether oxygens (including phenoxy) is 1. The predicted octanol–water partition coefficient (Wildman–Crippen LogP) is 3.79. The van der Waals surface area contributed by atoms with E-state index in [0.29, 0.717) is 18.2 Å². The molecule has 5 heteroatoms. The maximum absolute atomic E-state index is 9.67. The number of fused-ring (bicyclic) bond motifs is 1. The molecule has 0 aliphatic heterocycles. The Morgan fingerprint density at radius 1 is 1.17 bits per heavy atom. The summed E-state index contributed by atoms with van der Waals surface area (Å²) in [6.45, 7) is 2.36. The number of para-hydroxylation sites is 1. The third-order valence-corrected chi connectivity index (χ3v) is 3.27. The van der Waals surface area contributed by atoms with E-state index >= 15 is 0 Å².